The monoisotopic (exact) mass is 330 g/mol. The van der Waals surface area contributed by atoms with E-state index in [4.69, 9.17) is 0 Å². The summed E-state index contributed by atoms with van der Waals surface area (Å²) in [5, 5.41) is 0. The quantitative estimate of drug-likeness (QED) is 0.741. The molecule has 0 aliphatic carbocycles. The lowest BCUT2D eigenvalue weighted by Crippen LogP contribution is -2.45. The number of sulfonamides is 1. The molecule has 2 rings (SSSR count). The number of aryl methyl sites for hydroxylation is 1. The Morgan fingerprint density at radius 2 is 1.91 bits per heavy atom. The molecule has 1 saturated heterocycles. The van der Waals surface area contributed by atoms with Crippen LogP contribution in [0.1, 0.15) is 13.8 Å². The van der Waals surface area contributed by atoms with Gasteiger partial charge in [0.05, 0.1) is 0 Å². The zero-order chi connectivity index (χ0) is 16.7. The number of likely N-dealkylation sites (tertiary alicyclic amines) is 1. The highest BCUT2D eigenvalue weighted by Crippen LogP contribution is 2.17. The Morgan fingerprint density at radius 1 is 1.27 bits per heavy atom. The molecule has 0 bridgehead atoms. The first-order chi connectivity index (χ1) is 10.2. The van der Waals surface area contributed by atoms with E-state index < -0.39 is 26.2 Å². The fraction of sp³-hybridized carbons (Fsp3) is 0.692. The first kappa shape index (κ1) is 16.9. The highest BCUT2D eigenvalue weighted by Gasteiger charge is 2.33. The van der Waals surface area contributed by atoms with Gasteiger partial charge in [-0.1, -0.05) is 13.8 Å². The summed E-state index contributed by atoms with van der Waals surface area (Å²) in [4.78, 5) is 25.5. The highest BCUT2D eigenvalue weighted by molar-refractivity contribution is 7.89. The first-order valence-electron chi connectivity index (χ1n) is 7.18. The number of hydrogen-bond acceptors (Lipinski definition) is 5. The van der Waals surface area contributed by atoms with E-state index in [0.717, 1.165) is 28.4 Å². The number of nitrogens with zero attached hydrogens (tertiary/aromatic N) is 3. The van der Waals surface area contributed by atoms with Gasteiger partial charge in [0.1, 0.15) is 0 Å². The zero-order valence-electron chi connectivity index (χ0n) is 13.2. The summed E-state index contributed by atoms with van der Waals surface area (Å²) in [5.41, 5.74) is -1.37. The van der Waals surface area contributed by atoms with Crippen molar-refractivity contribution in [2.75, 3.05) is 19.6 Å². The minimum atomic E-state index is -3.97. The molecule has 1 aliphatic heterocycles. The molecule has 8 nitrogen and oxygen atoms in total. The first-order valence-corrected chi connectivity index (χ1v) is 8.67. The molecular weight excluding hydrogens is 308 g/mol. The van der Waals surface area contributed by atoms with Gasteiger partial charge in [-0.15, -0.1) is 0 Å². The predicted octanol–water partition coefficient (Wildman–Crippen LogP) is -1.30. The van der Waals surface area contributed by atoms with Crippen molar-refractivity contribution in [1.82, 2.24) is 18.8 Å². The molecule has 1 fully saturated rings. The maximum Gasteiger partial charge on any atom is 0.330 e. The average molecular weight is 330 g/mol. The van der Waals surface area contributed by atoms with Crippen molar-refractivity contribution in [3.63, 3.8) is 0 Å². The van der Waals surface area contributed by atoms with Crippen molar-refractivity contribution in [3.05, 3.63) is 27.0 Å². The van der Waals surface area contributed by atoms with Crippen LogP contribution >= 0.6 is 0 Å². The molecule has 0 saturated carbocycles. The van der Waals surface area contributed by atoms with E-state index in [1.165, 1.54) is 14.1 Å². The van der Waals surface area contributed by atoms with E-state index in [0.29, 0.717) is 6.54 Å². The Kier molecular flexibility index (Phi) is 4.59. The smallest absolute Gasteiger partial charge is 0.302 e. The van der Waals surface area contributed by atoms with Crippen LogP contribution in [0.15, 0.2) is 20.7 Å². The molecule has 124 valence electrons. The van der Waals surface area contributed by atoms with Crippen molar-refractivity contribution in [2.45, 2.75) is 24.8 Å². The normalized spacial score (nSPS) is 23.1. The lowest BCUT2D eigenvalue weighted by atomic mass is 10.1. The van der Waals surface area contributed by atoms with Gasteiger partial charge in [0.2, 0.25) is 10.0 Å². The molecule has 9 heteroatoms. The maximum absolute atomic E-state index is 12.5. The molecule has 2 atom stereocenters. The third kappa shape index (κ3) is 3.01. The molecule has 1 aromatic rings. The molecular formula is C13H22N4O4S. The summed E-state index contributed by atoms with van der Waals surface area (Å²) in [7, 11) is -1.29. The number of aromatic nitrogens is 2. The van der Waals surface area contributed by atoms with E-state index in [-0.39, 0.29) is 12.0 Å². The zero-order valence-corrected chi connectivity index (χ0v) is 14.1. The summed E-state index contributed by atoms with van der Waals surface area (Å²) in [6.07, 6.45) is 1.07. The third-order valence-corrected chi connectivity index (χ3v) is 5.62. The molecule has 2 heterocycles. The summed E-state index contributed by atoms with van der Waals surface area (Å²) in [6, 6.07) is -0.244. The molecule has 22 heavy (non-hydrogen) atoms. The van der Waals surface area contributed by atoms with Crippen LogP contribution in [0, 0.1) is 5.92 Å². The van der Waals surface area contributed by atoms with E-state index in [1.807, 2.05) is 13.8 Å². The third-order valence-electron chi connectivity index (χ3n) is 4.15. The van der Waals surface area contributed by atoms with Crippen molar-refractivity contribution in [3.8, 4) is 0 Å². The van der Waals surface area contributed by atoms with Gasteiger partial charge < -0.3 is 9.47 Å². The van der Waals surface area contributed by atoms with Gasteiger partial charge >= 0.3 is 5.69 Å². The van der Waals surface area contributed by atoms with Crippen molar-refractivity contribution < 1.29 is 8.42 Å². The van der Waals surface area contributed by atoms with E-state index in [1.54, 1.807) is 0 Å². The fourth-order valence-electron chi connectivity index (χ4n) is 2.70. The molecule has 0 aromatic carbocycles. The minimum Gasteiger partial charge on any atom is -0.302 e. The number of nitrogens with one attached hydrogen (secondary N) is 1. The SMILES string of the molecule is CCN1C[C@@H](C)[C@@H](NS(=O)(=O)c2cn(C)c(=O)n(C)c2=O)C1. The molecule has 0 spiro atoms. The minimum absolute atomic E-state index is 0.158. The summed E-state index contributed by atoms with van der Waals surface area (Å²) in [6.45, 7) is 6.27. The highest BCUT2D eigenvalue weighted by atomic mass is 32.2. The lowest BCUT2D eigenvalue weighted by Gasteiger charge is -2.17. The molecule has 0 unspecified atom stereocenters. The number of rotatable bonds is 4. The van der Waals surface area contributed by atoms with Crippen LogP contribution in [0.4, 0.5) is 0 Å². The summed E-state index contributed by atoms with van der Waals surface area (Å²) >= 11 is 0. The van der Waals surface area contributed by atoms with Crippen LogP contribution in [0.3, 0.4) is 0 Å². The molecule has 1 N–H and O–H groups in total. The Hall–Kier alpha value is -1.45. The van der Waals surface area contributed by atoms with Crippen LogP contribution < -0.4 is 16.0 Å². The van der Waals surface area contributed by atoms with Gasteiger partial charge in [0.25, 0.3) is 5.56 Å². The maximum atomic E-state index is 12.5. The fourth-order valence-corrected chi connectivity index (χ4v) is 4.20. The van der Waals surface area contributed by atoms with Gasteiger partial charge in [-0.2, -0.15) is 0 Å². The van der Waals surface area contributed by atoms with Gasteiger partial charge in [-0.3, -0.25) is 9.36 Å². The van der Waals surface area contributed by atoms with Crippen molar-refractivity contribution >= 4 is 10.0 Å². The van der Waals surface area contributed by atoms with Crippen LogP contribution in [0.5, 0.6) is 0 Å². The van der Waals surface area contributed by atoms with Crippen LogP contribution in [0.2, 0.25) is 0 Å². The van der Waals surface area contributed by atoms with E-state index in [2.05, 4.69) is 9.62 Å². The second-order valence-corrected chi connectivity index (χ2v) is 7.49. The Bertz CT molecular complexity index is 780. The van der Waals surface area contributed by atoms with Crippen LogP contribution in [-0.2, 0) is 24.1 Å². The van der Waals surface area contributed by atoms with Crippen LogP contribution in [-0.4, -0.2) is 48.1 Å². The number of hydrogen-bond donors (Lipinski definition) is 1. The van der Waals surface area contributed by atoms with Gasteiger partial charge in [-0.25, -0.2) is 17.9 Å². The van der Waals surface area contributed by atoms with Gasteiger partial charge in [0.15, 0.2) is 4.90 Å². The van der Waals surface area contributed by atoms with Crippen molar-refractivity contribution in [2.24, 2.45) is 20.0 Å². The molecule has 1 aliphatic rings. The lowest BCUT2D eigenvalue weighted by molar-refractivity contribution is 0.344. The van der Waals surface area contributed by atoms with Crippen LogP contribution in [0.25, 0.3) is 0 Å². The topological polar surface area (TPSA) is 93.4 Å². The Balaban J connectivity index is 2.37. The molecule has 0 amide bonds. The predicted molar refractivity (Wildman–Crippen MR) is 82.3 cm³/mol. The van der Waals surface area contributed by atoms with E-state index >= 15 is 0 Å². The average Bonchev–Trinajstić information content (AvgIpc) is 2.80. The Morgan fingerprint density at radius 3 is 2.45 bits per heavy atom. The second-order valence-electron chi connectivity index (χ2n) is 5.81. The molecule has 0 radical (unpaired) electrons. The van der Waals surface area contributed by atoms with E-state index in [9.17, 15) is 18.0 Å². The number of likely N-dealkylation sites (N-methyl/N-ethyl adjacent to an activating group) is 1. The van der Waals surface area contributed by atoms with Crippen molar-refractivity contribution in [1.29, 1.82) is 0 Å². The summed E-state index contributed by atoms with van der Waals surface area (Å²) in [5.74, 6) is 0.158. The second kappa shape index (κ2) is 5.98. The van der Waals surface area contributed by atoms with Gasteiger partial charge in [-0.05, 0) is 12.5 Å². The Labute approximate surface area is 129 Å². The standard InChI is InChI=1S/C13H22N4O4S/c1-5-17-6-9(2)10(7-17)14-22(20,21)11-8-15(3)13(19)16(4)12(11)18/h8-10,14H,5-7H2,1-4H3/t9-,10+/m1/s1. The summed E-state index contributed by atoms with van der Waals surface area (Å²) < 4.78 is 29.5. The largest absolute Gasteiger partial charge is 0.330 e. The molecule has 1 aromatic heterocycles. The van der Waals surface area contributed by atoms with Gasteiger partial charge in [0, 0.05) is 39.4 Å².